The van der Waals surface area contributed by atoms with Crippen molar-refractivity contribution in [3.63, 3.8) is 0 Å². The number of fused-ring (bicyclic) bond motifs is 1. The molecule has 1 amide bonds. The van der Waals surface area contributed by atoms with Crippen LogP contribution in [0, 0.1) is 0 Å². The summed E-state index contributed by atoms with van der Waals surface area (Å²) in [7, 11) is 0. The maximum atomic E-state index is 12.5. The van der Waals surface area contributed by atoms with Crippen LogP contribution < -0.4 is 14.8 Å². The van der Waals surface area contributed by atoms with Gasteiger partial charge in [-0.1, -0.05) is 35.9 Å². The number of carbonyl (C=O) groups excluding carboxylic acids is 1. The van der Waals surface area contributed by atoms with Gasteiger partial charge < -0.3 is 14.8 Å². The number of nitrogens with zero attached hydrogens (tertiary/aromatic N) is 1. The number of benzene rings is 2. The number of rotatable bonds is 5. The average molecular weight is 401 g/mol. The molecule has 0 radical (unpaired) electrons. The fourth-order valence-electron chi connectivity index (χ4n) is 3.86. The molecular weight excluding hydrogens is 376 g/mol. The highest BCUT2D eigenvalue weighted by atomic mass is 35.5. The van der Waals surface area contributed by atoms with Crippen LogP contribution in [0.15, 0.2) is 42.5 Å². The molecule has 0 spiro atoms. The maximum Gasteiger partial charge on any atom is 0.234 e. The molecule has 2 aromatic carbocycles. The SMILES string of the molecule is O=C(CN1CCC[C@H]1c1ccc2c(c1)OCCCO2)NCc1ccccc1Cl. The van der Waals surface area contributed by atoms with E-state index in [0.29, 0.717) is 31.3 Å². The van der Waals surface area contributed by atoms with Gasteiger partial charge in [0.15, 0.2) is 11.5 Å². The normalized spacial score (nSPS) is 19.2. The third-order valence-electron chi connectivity index (χ3n) is 5.30. The Balaban J connectivity index is 1.39. The Morgan fingerprint density at radius 1 is 1.11 bits per heavy atom. The molecule has 0 unspecified atom stereocenters. The smallest absolute Gasteiger partial charge is 0.234 e. The summed E-state index contributed by atoms with van der Waals surface area (Å²) in [6.45, 7) is 3.10. The molecule has 0 bridgehead atoms. The molecular formula is C22H25ClN2O3. The molecule has 1 atom stereocenters. The summed E-state index contributed by atoms with van der Waals surface area (Å²) in [5.74, 6) is 1.63. The first kappa shape index (κ1) is 19.1. The van der Waals surface area contributed by atoms with E-state index < -0.39 is 0 Å². The summed E-state index contributed by atoms with van der Waals surface area (Å²) in [6.07, 6.45) is 3.01. The second kappa shape index (κ2) is 8.84. The Hall–Kier alpha value is -2.24. The van der Waals surface area contributed by atoms with Crippen LogP contribution >= 0.6 is 11.6 Å². The summed E-state index contributed by atoms with van der Waals surface area (Å²) >= 11 is 6.17. The van der Waals surface area contributed by atoms with Gasteiger partial charge in [0.1, 0.15) is 0 Å². The number of halogens is 1. The zero-order valence-electron chi connectivity index (χ0n) is 15.8. The molecule has 5 nitrogen and oxygen atoms in total. The number of nitrogens with one attached hydrogen (secondary N) is 1. The topological polar surface area (TPSA) is 50.8 Å². The number of amides is 1. The molecule has 28 heavy (non-hydrogen) atoms. The lowest BCUT2D eigenvalue weighted by atomic mass is 10.0. The Morgan fingerprint density at radius 2 is 1.93 bits per heavy atom. The maximum absolute atomic E-state index is 12.5. The highest BCUT2D eigenvalue weighted by molar-refractivity contribution is 6.31. The van der Waals surface area contributed by atoms with Crippen LogP contribution in [0.4, 0.5) is 0 Å². The third-order valence-corrected chi connectivity index (χ3v) is 5.67. The molecule has 1 fully saturated rings. The number of hydrogen-bond donors (Lipinski definition) is 1. The standard InChI is InChI=1S/C22H25ClN2O3/c23-18-6-2-1-5-17(18)14-24-22(26)15-25-10-3-7-19(25)16-8-9-20-21(13-16)28-12-4-11-27-20/h1-2,5-6,8-9,13,19H,3-4,7,10-12,14-15H2,(H,24,26)/t19-/m0/s1. The third kappa shape index (κ3) is 4.42. The van der Waals surface area contributed by atoms with Crippen molar-refractivity contribution >= 4 is 17.5 Å². The van der Waals surface area contributed by atoms with Gasteiger partial charge in [0.2, 0.25) is 5.91 Å². The molecule has 0 aliphatic carbocycles. The van der Waals surface area contributed by atoms with Crippen LogP contribution in [0.1, 0.15) is 36.4 Å². The number of ether oxygens (including phenoxy) is 2. The minimum Gasteiger partial charge on any atom is -0.490 e. The molecule has 1 saturated heterocycles. The summed E-state index contributed by atoms with van der Waals surface area (Å²) in [5.41, 5.74) is 2.11. The number of likely N-dealkylation sites (tertiary alicyclic amines) is 1. The summed E-state index contributed by atoms with van der Waals surface area (Å²) in [6, 6.07) is 14.0. The van der Waals surface area contributed by atoms with Crippen molar-refractivity contribution in [3.8, 4) is 11.5 Å². The second-order valence-corrected chi connectivity index (χ2v) is 7.66. The fraction of sp³-hybridized carbons (Fsp3) is 0.409. The van der Waals surface area contributed by atoms with Crippen LogP contribution in [0.25, 0.3) is 0 Å². The number of hydrogen-bond acceptors (Lipinski definition) is 4. The molecule has 1 N–H and O–H groups in total. The van der Waals surface area contributed by atoms with Crippen molar-refractivity contribution in [3.05, 3.63) is 58.6 Å². The van der Waals surface area contributed by atoms with E-state index >= 15 is 0 Å². The van der Waals surface area contributed by atoms with Crippen LogP contribution in [-0.4, -0.2) is 37.1 Å². The van der Waals surface area contributed by atoms with Gasteiger partial charge in [0, 0.05) is 24.0 Å². The highest BCUT2D eigenvalue weighted by Crippen LogP contribution is 2.37. The van der Waals surface area contributed by atoms with E-state index in [4.69, 9.17) is 21.1 Å². The Labute approximate surface area is 170 Å². The monoisotopic (exact) mass is 400 g/mol. The Kier molecular flexibility index (Phi) is 6.03. The molecule has 0 aromatic heterocycles. The predicted octanol–water partition coefficient (Wildman–Crippen LogP) is 3.95. The molecule has 6 heteroatoms. The number of carbonyl (C=O) groups is 1. The molecule has 2 aliphatic rings. The summed E-state index contributed by atoms with van der Waals surface area (Å²) in [5, 5.41) is 3.66. The Morgan fingerprint density at radius 3 is 2.79 bits per heavy atom. The van der Waals surface area contributed by atoms with Crippen molar-refractivity contribution in [2.75, 3.05) is 26.3 Å². The minimum atomic E-state index is 0.0150. The van der Waals surface area contributed by atoms with Crippen molar-refractivity contribution in [2.24, 2.45) is 0 Å². The highest BCUT2D eigenvalue weighted by Gasteiger charge is 2.28. The van der Waals surface area contributed by atoms with Gasteiger partial charge >= 0.3 is 0 Å². The lowest BCUT2D eigenvalue weighted by molar-refractivity contribution is -0.122. The molecule has 2 heterocycles. The first-order chi connectivity index (χ1) is 13.7. The van der Waals surface area contributed by atoms with Crippen LogP contribution in [0.2, 0.25) is 5.02 Å². The van der Waals surface area contributed by atoms with E-state index in [0.717, 1.165) is 42.9 Å². The van der Waals surface area contributed by atoms with E-state index in [9.17, 15) is 4.79 Å². The summed E-state index contributed by atoms with van der Waals surface area (Å²) in [4.78, 5) is 14.7. The van der Waals surface area contributed by atoms with Crippen LogP contribution in [-0.2, 0) is 11.3 Å². The fourth-order valence-corrected chi connectivity index (χ4v) is 4.06. The van der Waals surface area contributed by atoms with E-state index in [1.165, 1.54) is 5.56 Å². The summed E-state index contributed by atoms with van der Waals surface area (Å²) < 4.78 is 11.6. The molecule has 148 valence electrons. The van der Waals surface area contributed by atoms with Crippen LogP contribution in [0.3, 0.4) is 0 Å². The van der Waals surface area contributed by atoms with Crippen molar-refractivity contribution in [1.82, 2.24) is 10.2 Å². The molecule has 0 saturated carbocycles. The van der Waals surface area contributed by atoms with Gasteiger partial charge in [-0.05, 0) is 48.7 Å². The first-order valence-electron chi connectivity index (χ1n) is 9.84. The average Bonchev–Trinajstić information content (AvgIpc) is 3.02. The van der Waals surface area contributed by atoms with E-state index in [1.807, 2.05) is 30.3 Å². The zero-order chi connectivity index (χ0) is 19.3. The molecule has 2 aromatic rings. The lowest BCUT2D eigenvalue weighted by Crippen LogP contribution is -2.36. The molecule has 4 rings (SSSR count). The van der Waals surface area contributed by atoms with E-state index in [2.05, 4.69) is 22.3 Å². The van der Waals surface area contributed by atoms with E-state index in [1.54, 1.807) is 0 Å². The van der Waals surface area contributed by atoms with Crippen molar-refractivity contribution in [2.45, 2.75) is 31.8 Å². The van der Waals surface area contributed by atoms with E-state index in [-0.39, 0.29) is 11.9 Å². The van der Waals surface area contributed by atoms with Gasteiger partial charge in [-0.25, -0.2) is 0 Å². The van der Waals surface area contributed by atoms with Crippen LogP contribution in [0.5, 0.6) is 11.5 Å². The minimum absolute atomic E-state index is 0.0150. The zero-order valence-corrected chi connectivity index (χ0v) is 16.6. The quantitative estimate of drug-likeness (QED) is 0.825. The second-order valence-electron chi connectivity index (χ2n) is 7.25. The van der Waals surface area contributed by atoms with Gasteiger partial charge in [-0.3, -0.25) is 9.69 Å². The van der Waals surface area contributed by atoms with Gasteiger partial charge in [0.25, 0.3) is 0 Å². The van der Waals surface area contributed by atoms with Crippen molar-refractivity contribution in [1.29, 1.82) is 0 Å². The van der Waals surface area contributed by atoms with Gasteiger partial charge in [0.05, 0.1) is 19.8 Å². The largest absolute Gasteiger partial charge is 0.490 e. The molecule has 2 aliphatic heterocycles. The first-order valence-corrected chi connectivity index (χ1v) is 10.2. The Bertz CT molecular complexity index is 842. The van der Waals surface area contributed by atoms with Gasteiger partial charge in [-0.15, -0.1) is 0 Å². The predicted molar refractivity (Wildman–Crippen MR) is 109 cm³/mol. The van der Waals surface area contributed by atoms with Gasteiger partial charge in [-0.2, -0.15) is 0 Å². The van der Waals surface area contributed by atoms with Crippen molar-refractivity contribution < 1.29 is 14.3 Å². The lowest BCUT2D eigenvalue weighted by Gasteiger charge is -2.25.